The van der Waals surface area contributed by atoms with E-state index in [-0.39, 0.29) is 6.04 Å². The second kappa shape index (κ2) is 3.98. The topological polar surface area (TPSA) is 59.1 Å². The van der Waals surface area contributed by atoms with Crippen LogP contribution in [-0.4, -0.2) is 16.2 Å². The van der Waals surface area contributed by atoms with Crippen molar-refractivity contribution in [2.75, 3.05) is 0 Å². The predicted molar refractivity (Wildman–Crippen MR) is 50.5 cm³/mol. The monoisotopic (exact) mass is 230 g/mol. The van der Waals surface area contributed by atoms with Gasteiger partial charge in [-0.2, -0.15) is 0 Å². The normalized spacial score (nSPS) is 15.7. The van der Waals surface area contributed by atoms with Crippen molar-refractivity contribution in [2.45, 2.75) is 19.1 Å². The van der Waals surface area contributed by atoms with Crippen molar-refractivity contribution in [2.24, 2.45) is 5.73 Å². The van der Waals surface area contributed by atoms with Crippen LogP contribution in [0.3, 0.4) is 0 Å². The summed E-state index contributed by atoms with van der Waals surface area (Å²) in [7, 11) is 0. The van der Waals surface area contributed by atoms with Crippen LogP contribution in [0.4, 0.5) is 0 Å². The Morgan fingerprint density at radius 1 is 1.67 bits per heavy atom. The number of nitrogens with two attached hydrogens (primary N) is 1. The molecule has 0 fully saturated rings. The number of hydrogen-bond acceptors (Lipinski definition) is 3. The zero-order valence-corrected chi connectivity index (χ0v) is 8.32. The molecular formula is C8H11BrN2O. The molecule has 66 valence electrons. The second-order valence-corrected chi connectivity index (χ2v) is 3.49. The Bertz CT molecular complexity index is 265. The van der Waals surface area contributed by atoms with Gasteiger partial charge in [-0.05, 0) is 40.5 Å². The average molecular weight is 231 g/mol. The van der Waals surface area contributed by atoms with Crippen LogP contribution in [0.5, 0.6) is 0 Å². The first-order valence-electron chi connectivity index (χ1n) is 3.66. The number of rotatable bonds is 2. The Morgan fingerprint density at radius 3 is 2.83 bits per heavy atom. The summed E-state index contributed by atoms with van der Waals surface area (Å²) in [6.07, 6.45) is 1.11. The van der Waals surface area contributed by atoms with Crippen molar-refractivity contribution >= 4 is 15.9 Å². The third-order valence-corrected chi connectivity index (χ3v) is 2.09. The minimum Gasteiger partial charge on any atom is -0.391 e. The van der Waals surface area contributed by atoms with Gasteiger partial charge in [-0.25, -0.2) is 4.98 Å². The Morgan fingerprint density at radius 2 is 2.33 bits per heavy atom. The van der Waals surface area contributed by atoms with Crippen molar-refractivity contribution in [3.05, 3.63) is 28.5 Å². The van der Waals surface area contributed by atoms with Gasteiger partial charge >= 0.3 is 0 Å². The molecule has 0 aliphatic rings. The van der Waals surface area contributed by atoms with E-state index in [1.807, 2.05) is 0 Å². The molecular weight excluding hydrogens is 220 g/mol. The van der Waals surface area contributed by atoms with Gasteiger partial charge in [0.25, 0.3) is 0 Å². The lowest BCUT2D eigenvalue weighted by Gasteiger charge is -2.14. The van der Waals surface area contributed by atoms with Crippen molar-refractivity contribution < 1.29 is 5.11 Å². The molecule has 2 atom stereocenters. The molecule has 0 aliphatic heterocycles. The van der Waals surface area contributed by atoms with E-state index in [4.69, 9.17) is 5.73 Å². The number of pyridine rings is 1. The van der Waals surface area contributed by atoms with E-state index < -0.39 is 6.10 Å². The van der Waals surface area contributed by atoms with E-state index in [2.05, 4.69) is 20.9 Å². The summed E-state index contributed by atoms with van der Waals surface area (Å²) >= 11 is 3.23. The van der Waals surface area contributed by atoms with Gasteiger partial charge in [0.15, 0.2) is 0 Å². The third kappa shape index (κ3) is 2.27. The first-order chi connectivity index (χ1) is 5.61. The fraction of sp³-hybridized carbons (Fsp3) is 0.375. The second-order valence-electron chi connectivity index (χ2n) is 2.68. The van der Waals surface area contributed by atoms with E-state index >= 15 is 0 Å². The van der Waals surface area contributed by atoms with E-state index in [1.54, 1.807) is 25.3 Å². The predicted octanol–water partition coefficient (Wildman–Crippen LogP) is 1.22. The molecule has 1 heterocycles. The quantitative estimate of drug-likeness (QED) is 0.752. The maximum atomic E-state index is 9.20. The first kappa shape index (κ1) is 9.64. The van der Waals surface area contributed by atoms with E-state index in [1.165, 1.54) is 0 Å². The lowest BCUT2D eigenvalue weighted by Crippen LogP contribution is -2.23. The lowest BCUT2D eigenvalue weighted by molar-refractivity contribution is 0.164. The van der Waals surface area contributed by atoms with Crippen LogP contribution in [0.2, 0.25) is 0 Å². The first-order valence-corrected chi connectivity index (χ1v) is 4.45. The molecule has 3 N–H and O–H groups in total. The fourth-order valence-corrected chi connectivity index (χ4v) is 1.29. The Kier molecular flexibility index (Phi) is 3.20. The van der Waals surface area contributed by atoms with Gasteiger partial charge in [0, 0.05) is 6.20 Å². The minimum atomic E-state index is -0.542. The highest BCUT2D eigenvalue weighted by atomic mass is 79.9. The number of aliphatic hydroxyl groups is 1. The molecule has 0 saturated carbocycles. The number of aromatic nitrogens is 1. The van der Waals surface area contributed by atoms with Gasteiger partial charge in [0.2, 0.25) is 0 Å². The standard InChI is InChI=1S/C8H11BrN2O/c1-5(12)8(10)6-2-3-11-7(9)4-6/h2-5,8,12H,10H2,1H3/t5?,8-/m1/s1. The molecule has 1 aromatic rings. The molecule has 0 spiro atoms. The van der Waals surface area contributed by atoms with Crippen molar-refractivity contribution in [1.82, 2.24) is 4.98 Å². The van der Waals surface area contributed by atoms with Crippen molar-refractivity contribution in [3.63, 3.8) is 0 Å². The summed E-state index contributed by atoms with van der Waals surface area (Å²) in [5.41, 5.74) is 6.59. The molecule has 12 heavy (non-hydrogen) atoms. The van der Waals surface area contributed by atoms with Crippen LogP contribution in [0, 0.1) is 0 Å². The molecule has 1 unspecified atom stereocenters. The van der Waals surface area contributed by atoms with Crippen molar-refractivity contribution in [1.29, 1.82) is 0 Å². The molecule has 3 nitrogen and oxygen atoms in total. The zero-order valence-electron chi connectivity index (χ0n) is 6.74. The summed E-state index contributed by atoms with van der Waals surface area (Å²) < 4.78 is 0.733. The van der Waals surface area contributed by atoms with Gasteiger partial charge in [0.1, 0.15) is 4.60 Å². The van der Waals surface area contributed by atoms with Crippen LogP contribution in [0.15, 0.2) is 22.9 Å². The van der Waals surface area contributed by atoms with Crippen LogP contribution in [0.25, 0.3) is 0 Å². The molecule has 0 bridgehead atoms. The number of hydrogen-bond donors (Lipinski definition) is 2. The molecule has 0 saturated heterocycles. The van der Waals surface area contributed by atoms with E-state index in [0.717, 1.165) is 10.2 Å². The number of halogens is 1. The summed E-state index contributed by atoms with van der Waals surface area (Å²) in [6, 6.07) is 3.25. The van der Waals surface area contributed by atoms with Crippen LogP contribution >= 0.6 is 15.9 Å². The molecule has 1 rings (SSSR count). The SMILES string of the molecule is CC(O)[C@@H](N)c1ccnc(Br)c1. The maximum Gasteiger partial charge on any atom is 0.106 e. The molecule has 0 radical (unpaired) electrons. The Hall–Kier alpha value is -0.450. The highest BCUT2D eigenvalue weighted by molar-refractivity contribution is 9.10. The molecule has 0 aliphatic carbocycles. The Labute approximate surface area is 79.7 Å². The minimum absolute atomic E-state index is 0.343. The highest BCUT2D eigenvalue weighted by Gasteiger charge is 2.11. The molecule has 0 aromatic carbocycles. The maximum absolute atomic E-state index is 9.20. The molecule has 0 amide bonds. The number of aliphatic hydroxyl groups excluding tert-OH is 1. The van der Waals surface area contributed by atoms with E-state index in [9.17, 15) is 5.11 Å². The average Bonchev–Trinajstić information content (AvgIpc) is 2.03. The number of nitrogens with zero attached hydrogens (tertiary/aromatic N) is 1. The van der Waals surface area contributed by atoms with Crippen LogP contribution in [0.1, 0.15) is 18.5 Å². The van der Waals surface area contributed by atoms with Gasteiger partial charge in [-0.1, -0.05) is 0 Å². The molecule has 1 aromatic heterocycles. The smallest absolute Gasteiger partial charge is 0.106 e. The fourth-order valence-electron chi connectivity index (χ4n) is 0.903. The lowest BCUT2D eigenvalue weighted by atomic mass is 10.1. The highest BCUT2D eigenvalue weighted by Crippen LogP contribution is 2.16. The summed E-state index contributed by atoms with van der Waals surface area (Å²) in [4.78, 5) is 3.96. The van der Waals surface area contributed by atoms with Gasteiger partial charge < -0.3 is 10.8 Å². The van der Waals surface area contributed by atoms with Crippen LogP contribution in [-0.2, 0) is 0 Å². The Balaban J connectivity index is 2.88. The summed E-state index contributed by atoms with van der Waals surface area (Å²) in [6.45, 7) is 1.67. The summed E-state index contributed by atoms with van der Waals surface area (Å²) in [5, 5.41) is 9.20. The van der Waals surface area contributed by atoms with Crippen LogP contribution < -0.4 is 5.73 Å². The largest absolute Gasteiger partial charge is 0.391 e. The van der Waals surface area contributed by atoms with Crippen molar-refractivity contribution in [3.8, 4) is 0 Å². The third-order valence-electron chi connectivity index (χ3n) is 1.66. The van der Waals surface area contributed by atoms with Gasteiger partial charge in [0.05, 0.1) is 12.1 Å². The van der Waals surface area contributed by atoms with Gasteiger partial charge in [-0.15, -0.1) is 0 Å². The van der Waals surface area contributed by atoms with Gasteiger partial charge in [-0.3, -0.25) is 0 Å². The zero-order chi connectivity index (χ0) is 9.14. The van der Waals surface area contributed by atoms with E-state index in [0.29, 0.717) is 0 Å². The summed E-state index contributed by atoms with van der Waals surface area (Å²) in [5.74, 6) is 0. The molecule has 4 heteroatoms.